The minimum atomic E-state index is 0.0263. The normalized spacial score (nSPS) is 28.3. The lowest BCUT2D eigenvalue weighted by Gasteiger charge is -2.46. The van der Waals surface area contributed by atoms with Gasteiger partial charge in [0.1, 0.15) is 0 Å². The fraction of sp³-hybridized carbons (Fsp3) is 1.00. The molecule has 0 heterocycles. The molecule has 0 spiro atoms. The Morgan fingerprint density at radius 3 is 2.22 bits per heavy atom. The number of methoxy groups -OCH3 is 1. The summed E-state index contributed by atoms with van der Waals surface area (Å²) in [5, 5.41) is 0. The van der Waals surface area contributed by atoms with Crippen molar-refractivity contribution >= 4 is 0 Å². The molecule has 1 aliphatic rings. The molecule has 3 heteroatoms. The number of hydrogen-bond donors (Lipinski definition) is 1. The van der Waals surface area contributed by atoms with Crippen LogP contribution in [0.2, 0.25) is 0 Å². The van der Waals surface area contributed by atoms with E-state index in [1.165, 1.54) is 32.1 Å². The van der Waals surface area contributed by atoms with Crippen LogP contribution < -0.4 is 5.73 Å². The molecule has 1 saturated carbocycles. The highest BCUT2D eigenvalue weighted by atomic mass is 16.5. The number of likely N-dealkylation sites (N-methyl/N-ethyl adjacent to an activating group) is 1. The van der Waals surface area contributed by atoms with Crippen molar-refractivity contribution in [2.45, 2.75) is 64.0 Å². The van der Waals surface area contributed by atoms with Crippen molar-refractivity contribution in [3.8, 4) is 0 Å². The largest absolute Gasteiger partial charge is 0.383 e. The first kappa shape index (κ1) is 15.9. The van der Waals surface area contributed by atoms with Gasteiger partial charge in [-0.15, -0.1) is 0 Å². The summed E-state index contributed by atoms with van der Waals surface area (Å²) in [7, 11) is 4.02. The van der Waals surface area contributed by atoms with Gasteiger partial charge >= 0.3 is 0 Å². The van der Waals surface area contributed by atoms with Crippen LogP contribution in [0.15, 0.2) is 0 Å². The van der Waals surface area contributed by atoms with Crippen LogP contribution in [0.4, 0.5) is 0 Å². The highest BCUT2D eigenvalue weighted by Gasteiger charge is 2.36. The van der Waals surface area contributed by atoms with Gasteiger partial charge in [-0.25, -0.2) is 0 Å². The molecule has 0 bridgehead atoms. The van der Waals surface area contributed by atoms with Crippen molar-refractivity contribution in [1.29, 1.82) is 0 Å². The molecule has 18 heavy (non-hydrogen) atoms. The van der Waals surface area contributed by atoms with E-state index in [4.69, 9.17) is 10.5 Å². The highest BCUT2D eigenvalue weighted by molar-refractivity contribution is 4.93. The first-order valence-electron chi connectivity index (χ1n) is 7.55. The van der Waals surface area contributed by atoms with Crippen molar-refractivity contribution in [1.82, 2.24) is 4.90 Å². The van der Waals surface area contributed by atoms with E-state index in [1.54, 1.807) is 7.11 Å². The molecule has 1 fully saturated rings. The van der Waals surface area contributed by atoms with Crippen LogP contribution in [0.3, 0.4) is 0 Å². The van der Waals surface area contributed by atoms with E-state index in [0.717, 1.165) is 18.9 Å². The molecule has 0 aliphatic heterocycles. The fourth-order valence-corrected chi connectivity index (χ4v) is 3.40. The summed E-state index contributed by atoms with van der Waals surface area (Å²) in [5.74, 6) is 0.950. The Bertz CT molecular complexity index is 221. The Hall–Kier alpha value is -0.120. The lowest BCUT2D eigenvalue weighted by atomic mass is 9.82. The Morgan fingerprint density at radius 2 is 1.83 bits per heavy atom. The molecule has 0 aromatic rings. The minimum absolute atomic E-state index is 0.0263. The molecule has 1 unspecified atom stereocenters. The van der Waals surface area contributed by atoms with Crippen LogP contribution in [0.1, 0.15) is 52.4 Å². The van der Waals surface area contributed by atoms with Gasteiger partial charge in [-0.3, -0.25) is 4.90 Å². The molecular formula is C15H32N2O. The van der Waals surface area contributed by atoms with Gasteiger partial charge in [0.25, 0.3) is 0 Å². The molecule has 1 atom stereocenters. The maximum Gasteiger partial charge on any atom is 0.0658 e. The van der Waals surface area contributed by atoms with Gasteiger partial charge in [0.15, 0.2) is 0 Å². The quantitative estimate of drug-likeness (QED) is 0.761. The fourth-order valence-electron chi connectivity index (χ4n) is 3.40. The second kappa shape index (κ2) is 7.46. The molecule has 0 saturated heterocycles. The van der Waals surface area contributed by atoms with Crippen molar-refractivity contribution in [3.63, 3.8) is 0 Å². The number of hydrogen-bond acceptors (Lipinski definition) is 3. The summed E-state index contributed by atoms with van der Waals surface area (Å²) in [4.78, 5) is 2.52. The van der Waals surface area contributed by atoms with Crippen molar-refractivity contribution in [3.05, 3.63) is 0 Å². The van der Waals surface area contributed by atoms with Gasteiger partial charge in [-0.2, -0.15) is 0 Å². The van der Waals surface area contributed by atoms with Crippen LogP contribution in [-0.4, -0.2) is 43.8 Å². The standard InChI is InChI=1S/C15H32N2O/c1-5-13-7-9-14(10-8-13)17(3)15(6-2,11-16)12-18-4/h13-14H,5-12,16H2,1-4H3. The van der Waals surface area contributed by atoms with E-state index in [1.807, 2.05) is 0 Å². The summed E-state index contributed by atoms with van der Waals surface area (Å²) in [6.07, 6.45) is 7.79. The maximum absolute atomic E-state index is 6.04. The second-order valence-electron chi connectivity index (χ2n) is 5.91. The minimum Gasteiger partial charge on any atom is -0.383 e. The molecule has 0 radical (unpaired) electrons. The first-order valence-corrected chi connectivity index (χ1v) is 7.55. The topological polar surface area (TPSA) is 38.5 Å². The van der Waals surface area contributed by atoms with Gasteiger partial charge in [-0.1, -0.05) is 20.3 Å². The van der Waals surface area contributed by atoms with Gasteiger partial charge in [0, 0.05) is 19.7 Å². The SMILES string of the molecule is CCC1CCC(N(C)C(CC)(CN)COC)CC1. The summed E-state index contributed by atoms with van der Waals surface area (Å²) in [6.45, 7) is 5.96. The van der Waals surface area contributed by atoms with Crippen LogP contribution in [0.5, 0.6) is 0 Å². The zero-order valence-electron chi connectivity index (χ0n) is 12.7. The van der Waals surface area contributed by atoms with E-state index < -0.39 is 0 Å². The molecular weight excluding hydrogens is 224 g/mol. The van der Waals surface area contributed by atoms with Gasteiger partial charge in [-0.05, 0) is 45.1 Å². The third-order valence-electron chi connectivity index (χ3n) is 5.14. The molecule has 3 nitrogen and oxygen atoms in total. The zero-order chi connectivity index (χ0) is 13.6. The van der Waals surface area contributed by atoms with Crippen molar-refractivity contribution in [2.24, 2.45) is 11.7 Å². The third-order valence-corrected chi connectivity index (χ3v) is 5.14. The van der Waals surface area contributed by atoms with Gasteiger partial charge in [0.05, 0.1) is 12.1 Å². The average molecular weight is 256 g/mol. The molecule has 0 amide bonds. The summed E-state index contributed by atoms with van der Waals surface area (Å²) >= 11 is 0. The van der Waals surface area contributed by atoms with Crippen LogP contribution in [0.25, 0.3) is 0 Å². The Labute approximate surface area is 113 Å². The van der Waals surface area contributed by atoms with E-state index in [2.05, 4.69) is 25.8 Å². The van der Waals surface area contributed by atoms with Crippen LogP contribution in [-0.2, 0) is 4.74 Å². The van der Waals surface area contributed by atoms with E-state index in [0.29, 0.717) is 12.6 Å². The Kier molecular flexibility index (Phi) is 6.61. The van der Waals surface area contributed by atoms with E-state index in [9.17, 15) is 0 Å². The second-order valence-corrected chi connectivity index (χ2v) is 5.91. The lowest BCUT2D eigenvalue weighted by Crippen LogP contribution is -2.58. The number of rotatable bonds is 7. The van der Waals surface area contributed by atoms with Crippen LogP contribution >= 0.6 is 0 Å². The smallest absolute Gasteiger partial charge is 0.0658 e. The number of ether oxygens (including phenoxy) is 1. The van der Waals surface area contributed by atoms with E-state index in [-0.39, 0.29) is 5.54 Å². The predicted octanol–water partition coefficient (Wildman–Crippen LogP) is 2.64. The summed E-state index contributed by atoms with van der Waals surface area (Å²) in [5.41, 5.74) is 6.07. The van der Waals surface area contributed by atoms with Crippen molar-refractivity contribution < 1.29 is 4.74 Å². The summed E-state index contributed by atoms with van der Waals surface area (Å²) < 4.78 is 5.42. The maximum atomic E-state index is 6.04. The average Bonchev–Trinajstić information content (AvgIpc) is 2.44. The number of nitrogens with two attached hydrogens (primary N) is 1. The first-order chi connectivity index (χ1) is 8.63. The lowest BCUT2D eigenvalue weighted by molar-refractivity contribution is -0.0104. The summed E-state index contributed by atoms with van der Waals surface area (Å²) in [6, 6.07) is 0.687. The third kappa shape index (κ3) is 3.46. The zero-order valence-corrected chi connectivity index (χ0v) is 12.7. The molecule has 108 valence electrons. The monoisotopic (exact) mass is 256 g/mol. The molecule has 1 aliphatic carbocycles. The van der Waals surface area contributed by atoms with Gasteiger partial charge in [0.2, 0.25) is 0 Å². The molecule has 2 N–H and O–H groups in total. The molecule has 1 rings (SSSR count). The van der Waals surface area contributed by atoms with E-state index >= 15 is 0 Å². The van der Waals surface area contributed by atoms with Gasteiger partial charge < -0.3 is 10.5 Å². The van der Waals surface area contributed by atoms with Crippen molar-refractivity contribution in [2.75, 3.05) is 27.3 Å². The Balaban J connectivity index is 2.63. The Morgan fingerprint density at radius 1 is 1.22 bits per heavy atom. The predicted molar refractivity (Wildman–Crippen MR) is 77.8 cm³/mol. The van der Waals surface area contributed by atoms with Crippen LogP contribution in [0, 0.1) is 5.92 Å². The molecule has 0 aromatic carbocycles. The number of nitrogens with zero attached hydrogens (tertiary/aromatic N) is 1. The molecule has 0 aromatic heterocycles. The highest BCUT2D eigenvalue weighted by Crippen LogP contribution is 2.32.